The SMILES string of the molecule is CC(C)(C)C[C@H](N)C(=O)N[C@@H](CCc1ccccc1)C(=O)c1oc(-c2ccccc2)nc1-c1ccccc1. The molecule has 4 rings (SSSR count). The lowest BCUT2D eigenvalue weighted by Crippen LogP contribution is -2.49. The largest absolute Gasteiger partial charge is 0.432 e. The van der Waals surface area contributed by atoms with E-state index in [0.29, 0.717) is 30.8 Å². The van der Waals surface area contributed by atoms with Gasteiger partial charge in [0.15, 0.2) is 0 Å². The van der Waals surface area contributed by atoms with E-state index in [0.717, 1.165) is 16.7 Å². The molecule has 6 heteroatoms. The average Bonchev–Trinajstić information content (AvgIpc) is 3.37. The Labute approximate surface area is 224 Å². The van der Waals surface area contributed by atoms with Crippen LogP contribution in [-0.4, -0.2) is 28.8 Å². The molecule has 0 aliphatic rings. The Hall–Kier alpha value is -4.03. The highest BCUT2D eigenvalue weighted by Gasteiger charge is 2.31. The number of aryl methyl sites for hydroxylation is 1. The van der Waals surface area contributed by atoms with Crippen molar-refractivity contribution in [1.29, 1.82) is 0 Å². The van der Waals surface area contributed by atoms with Crippen LogP contribution in [0.4, 0.5) is 0 Å². The van der Waals surface area contributed by atoms with Gasteiger partial charge in [-0.2, -0.15) is 0 Å². The second-order valence-electron chi connectivity index (χ2n) is 10.7. The van der Waals surface area contributed by atoms with Crippen molar-refractivity contribution in [1.82, 2.24) is 10.3 Å². The Morgan fingerprint density at radius 3 is 2.00 bits per heavy atom. The van der Waals surface area contributed by atoms with Crippen LogP contribution in [0.25, 0.3) is 22.7 Å². The predicted octanol–water partition coefficient (Wildman–Crippen LogP) is 6.07. The summed E-state index contributed by atoms with van der Waals surface area (Å²) in [7, 11) is 0. The maximum atomic E-state index is 14.1. The lowest BCUT2D eigenvalue weighted by molar-refractivity contribution is -0.123. The van der Waals surface area contributed by atoms with Crippen molar-refractivity contribution in [3.63, 3.8) is 0 Å². The highest BCUT2D eigenvalue weighted by molar-refractivity contribution is 6.04. The van der Waals surface area contributed by atoms with Gasteiger partial charge >= 0.3 is 0 Å². The van der Waals surface area contributed by atoms with Crippen LogP contribution in [0.1, 0.15) is 49.7 Å². The number of carbonyl (C=O) groups is 2. The Balaban J connectivity index is 1.69. The molecule has 2 atom stereocenters. The van der Waals surface area contributed by atoms with Gasteiger partial charge in [-0.25, -0.2) is 4.98 Å². The van der Waals surface area contributed by atoms with Crippen LogP contribution in [0, 0.1) is 5.41 Å². The van der Waals surface area contributed by atoms with Gasteiger partial charge < -0.3 is 15.5 Å². The van der Waals surface area contributed by atoms with Crippen molar-refractivity contribution in [3.8, 4) is 22.7 Å². The Bertz CT molecular complexity index is 1340. The van der Waals surface area contributed by atoms with E-state index in [1.54, 1.807) is 0 Å². The first kappa shape index (κ1) is 27.0. The topological polar surface area (TPSA) is 98.2 Å². The van der Waals surface area contributed by atoms with Gasteiger partial charge in [-0.15, -0.1) is 0 Å². The monoisotopic (exact) mass is 509 g/mol. The van der Waals surface area contributed by atoms with Crippen molar-refractivity contribution in [2.75, 3.05) is 0 Å². The standard InChI is InChI=1S/C32H35N3O3/c1-32(2,3)21-25(33)30(37)34-26(20-19-22-13-7-4-8-14-22)28(36)29-27(23-15-9-5-10-16-23)35-31(38-29)24-17-11-6-12-18-24/h4-18,25-26H,19-21,33H2,1-3H3,(H,34,37)/t25-,26-/m0/s1. The van der Waals surface area contributed by atoms with Crippen LogP contribution >= 0.6 is 0 Å². The van der Waals surface area contributed by atoms with Gasteiger partial charge in [-0.05, 0) is 42.4 Å². The van der Waals surface area contributed by atoms with E-state index >= 15 is 0 Å². The average molecular weight is 510 g/mol. The Morgan fingerprint density at radius 2 is 1.42 bits per heavy atom. The van der Waals surface area contributed by atoms with Crippen LogP contribution in [-0.2, 0) is 11.2 Å². The summed E-state index contributed by atoms with van der Waals surface area (Å²) in [4.78, 5) is 31.9. The number of amides is 1. The number of nitrogens with one attached hydrogen (secondary N) is 1. The minimum atomic E-state index is -0.826. The zero-order valence-corrected chi connectivity index (χ0v) is 22.2. The zero-order valence-electron chi connectivity index (χ0n) is 22.2. The number of ketones is 1. The Kier molecular flexibility index (Phi) is 8.54. The summed E-state index contributed by atoms with van der Waals surface area (Å²) in [5, 5.41) is 2.93. The van der Waals surface area contributed by atoms with Crippen molar-refractivity contribution in [2.45, 2.75) is 52.1 Å². The van der Waals surface area contributed by atoms with E-state index in [-0.39, 0.29) is 22.9 Å². The number of hydrogen-bond acceptors (Lipinski definition) is 5. The summed E-state index contributed by atoms with van der Waals surface area (Å²) >= 11 is 0. The van der Waals surface area contributed by atoms with Crippen LogP contribution in [0.15, 0.2) is 95.4 Å². The lowest BCUT2D eigenvalue weighted by atomic mass is 9.88. The van der Waals surface area contributed by atoms with Crippen molar-refractivity contribution in [2.24, 2.45) is 11.1 Å². The minimum absolute atomic E-state index is 0.123. The van der Waals surface area contributed by atoms with E-state index in [2.05, 4.69) is 5.32 Å². The molecule has 3 aromatic carbocycles. The van der Waals surface area contributed by atoms with Crippen molar-refractivity contribution in [3.05, 3.63) is 102 Å². The van der Waals surface area contributed by atoms with Crippen LogP contribution in [0.5, 0.6) is 0 Å². The third-order valence-corrected chi connectivity index (χ3v) is 6.29. The van der Waals surface area contributed by atoms with E-state index < -0.39 is 12.1 Å². The maximum Gasteiger partial charge on any atom is 0.237 e. The second kappa shape index (κ2) is 12.0. The second-order valence-corrected chi connectivity index (χ2v) is 10.7. The zero-order chi connectivity index (χ0) is 27.1. The molecule has 3 N–H and O–H groups in total. The quantitative estimate of drug-likeness (QED) is 0.253. The number of oxazole rings is 1. The maximum absolute atomic E-state index is 14.1. The molecule has 0 aliphatic heterocycles. The van der Waals surface area contributed by atoms with Gasteiger partial charge in [0, 0.05) is 11.1 Å². The number of hydrogen-bond donors (Lipinski definition) is 2. The molecule has 6 nitrogen and oxygen atoms in total. The van der Waals surface area contributed by atoms with Crippen LogP contribution < -0.4 is 11.1 Å². The molecular weight excluding hydrogens is 474 g/mol. The summed E-state index contributed by atoms with van der Waals surface area (Å²) in [6.07, 6.45) is 1.49. The van der Waals surface area contributed by atoms with Crippen molar-refractivity contribution < 1.29 is 14.0 Å². The molecule has 0 fully saturated rings. The number of aromatic nitrogens is 1. The number of rotatable bonds is 10. The molecule has 0 unspecified atom stereocenters. The number of carbonyl (C=O) groups excluding carboxylic acids is 2. The van der Waals surface area contributed by atoms with Gasteiger partial charge in [-0.3, -0.25) is 9.59 Å². The number of benzene rings is 3. The molecule has 0 saturated heterocycles. The van der Waals surface area contributed by atoms with Gasteiger partial charge in [0.05, 0.1) is 12.1 Å². The summed E-state index contributed by atoms with van der Waals surface area (Å²) < 4.78 is 6.13. The molecule has 1 heterocycles. The van der Waals surface area contributed by atoms with Gasteiger partial charge in [0.2, 0.25) is 23.3 Å². The number of nitrogens with two attached hydrogens (primary N) is 1. The fraction of sp³-hybridized carbons (Fsp3) is 0.281. The summed E-state index contributed by atoms with van der Waals surface area (Å²) in [6, 6.07) is 27.2. The number of nitrogens with zero attached hydrogens (tertiary/aromatic N) is 1. The third-order valence-electron chi connectivity index (χ3n) is 6.29. The molecule has 4 aromatic rings. The van der Waals surface area contributed by atoms with Gasteiger partial charge in [-0.1, -0.05) is 99.6 Å². The highest BCUT2D eigenvalue weighted by atomic mass is 16.4. The fourth-order valence-corrected chi connectivity index (χ4v) is 4.40. The van der Waals surface area contributed by atoms with E-state index in [4.69, 9.17) is 15.1 Å². The first-order valence-corrected chi connectivity index (χ1v) is 13.0. The van der Waals surface area contributed by atoms with E-state index in [1.165, 1.54) is 0 Å². The normalized spacial score (nSPS) is 13.1. The molecule has 0 spiro atoms. The summed E-state index contributed by atoms with van der Waals surface area (Å²) in [5.74, 6) is -0.204. The van der Waals surface area contributed by atoms with Crippen molar-refractivity contribution >= 4 is 11.7 Å². The molecule has 0 saturated carbocycles. The molecule has 1 aromatic heterocycles. The van der Waals surface area contributed by atoms with Crippen LogP contribution in [0.2, 0.25) is 0 Å². The molecule has 196 valence electrons. The first-order chi connectivity index (χ1) is 18.2. The third kappa shape index (κ3) is 7.05. The smallest absolute Gasteiger partial charge is 0.237 e. The van der Waals surface area contributed by atoms with Gasteiger partial charge in [0.1, 0.15) is 5.69 Å². The molecule has 0 radical (unpaired) electrons. The molecule has 1 amide bonds. The van der Waals surface area contributed by atoms with E-state index in [9.17, 15) is 9.59 Å². The fourth-order valence-electron chi connectivity index (χ4n) is 4.40. The minimum Gasteiger partial charge on any atom is -0.432 e. The lowest BCUT2D eigenvalue weighted by Gasteiger charge is -2.24. The molecule has 0 bridgehead atoms. The molecule has 38 heavy (non-hydrogen) atoms. The molecule has 0 aliphatic carbocycles. The van der Waals surface area contributed by atoms with E-state index in [1.807, 2.05) is 112 Å². The summed E-state index contributed by atoms with van der Waals surface area (Å²) in [5.41, 5.74) is 9.16. The van der Waals surface area contributed by atoms with Crippen LogP contribution in [0.3, 0.4) is 0 Å². The number of Topliss-reactive ketones (excluding diaryl/α,β-unsaturated/α-hetero) is 1. The molecular formula is C32H35N3O3. The highest BCUT2D eigenvalue weighted by Crippen LogP contribution is 2.30. The Morgan fingerprint density at radius 1 is 0.868 bits per heavy atom. The first-order valence-electron chi connectivity index (χ1n) is 13.0. The van der Waals surface area contributed by atoms with Gasteiger partial charge in [0.25, 0.3) is 0 Å². The predicted molar refractivity (Wildman–Crippen MR) is 150 cm³/mol. The summed E-state index contributed by atoms with van der Waals surface area (Å²) in [6.45, 7) is 6.10.